The zero-order chi connectivity index (χ0) is 15.4. The fourth-order valence-corrected chi connectivity index (χ4v) is 5.63. The molecule has 3 rings (SSSR count). The number of halogens is 2. The molecule has 0 aromatic heterocycles. The SMILES string of the molecule is BrC1=NN(Br)S(COCc2ccccc2)=C1c1ccccc1. The summed E-state index contributed by atoms with van der Waals surface area (Å²) in [5.41, 5.74) is 2.33. The average Bonchev–Trinajstić information content (AvgIpc) is 2.83. The highest BCUT2D eigenvalue weighted by Gasteiger charge is 2.23. The van der Waals surface area contributed by atoms with Crippen molar-refractivity contribution in [1.29, 1.82) is 0 Å². The molecular formula is C16H14Br2N2OS. The average molecular weight is 442 g/mol. The molecule has 1 heterocycles. The van der Waals surface area contributed by atoms with Gasteiger partial charge in [0.15, 0.2) is 0 Å². The van der Waals surface area contributed by atoms with Gasteiger partial charge in [0.2, 0.25) is 0 Å². The summed E-state index contributed by atoms with van der Waals surface area (Å²) in [6.07, 6.45) is 0. The molecule has 1 unspecified atom stereocenters. The Morgan fingerprint density at radius 3 is 2.32 bits per heavy atom. The summed E-state index contributed by atoms with van der Waals surface area (Å²) in [5.74, 6) is 0.586. The lowest BCUT2D eigenvalue weighted by Crippen LogP contribution is -2.08. The van der Waals surface area contributed by atoms with Crippen molar-refractivity contribution in [2.45, 2.75) is 6.61 Å². The van der Waals surface area contributed by atoms with Crippen LogP contribution in [0, 0.1) is 0 Å². The van der Waals surface area contributed by atoms with Crippen LogP contribution in [0.2, 0.25) is 0 Å². The number of rotatable bonds is 5. The van der Waals surface area contributed by atoms with E-state index < -0.39 is 0 Å². The van der Waals surface area contributed by atoms with Crippen LogP contribution in [-0.4, -0.2) is 18.9 Å². The molecule has 0 radical (unpaired) electrons. The van der Waals surface area contributed by atoms with E-state index >= 15 is 0 Å². The molecule has 0 aliphatic carbocycles. The van der Waals surface area contributed by atoms with Gasteiger partial charge in [0.25, 0.3) is 0 Å². The van der Waals surface area contributed by atoms with Crippen molar-refractivity contribution < 1.29 is 4.74 Å². The molecule has 2 aromatic carbocycles. The minimum Gasteiger partial charge on any atom is -0.365 e. The molecule has 0 N–H and O–H groups in total. The van der Waals surface area contributed by atoms with Crippen molar-refractivity contribution in [3.63, 3.8) is 0 Å². The number of hydrazone groups is 1. The third-order valence-electron chi connectivity index (χ3n) is 3.11. The first kappa shape index (κ1) is 15.9. The van der Waals surface area contributed by atoms with E-state index in [1.54, 1.807) is 3.44 Å². The van der Waals surface area contributed by atoms with Crippen LogP contribution in [0.4, 0.5) is 0 Å². The van der Waals surface area contributed by atoms with E-state index in [0.29, 0.717) is 12.5 Å². The zero-order valence-electron chi connectivity index (χ0n) is 11.7. The Morgan fingerprint density at radius 1 is 1.00 bits per heavy atom. The second-order valence-electron chi connectivity index (χ2n) is 4.63. The zero-order valence-corrected chi connectivity index (χ0v) is 15.6. The summed E-state index contributed by atoms with van der Waals surface area (Å²) in [4.78, 5) is 1.16. The largest absolute Gasteiger partial charge is 0.365 e. The Labute approximate surface area is 149 Å². The molecule has 22 heavy (non-hydrogen) atoms. The van der Waals surface area contributed by atoms with Crippen molar-refractivity contribution in [1.82, 2.24) is 3.44 Å². The summed E-state index contributed by atoms with van der Waals surface area (Å²) in [7, 11) is -0.271. The standard InChI is InChI=1S/C16H14Br2N2OS/c17-16-15(14-9-5-2-6-10-14)22(20(18)19-16)12-21-11-13-7-3-1-4-8-13/h1-10H,11-12H2. The van der Waals surface area contributed by atoms with Gasteiger partial charge in [-0.3, -0.25) is 0 Å². The Kier molecular flexibility index (Phi) is 5.46. The van der Waals surface area contributed by atoms with E-state index in [9.17, 15) is 0 Å². The Hall–Kier alpha value is -0.950. The van der Waals surface area contributed by atoms with Crippen LogP contribution in [0.3, 0.4) is 0 Å². The van der Waals surface area contributed by atoms with E-state index in [4.69, 9.17) is 4.74 Å². The maximum atomic E-state index is 5.90. The van der Waals surface area contributed by atoms with Crippen LogP contribution in [0.1, 0.15) is 11.1 Å². The molecule has 114 valence electrons. The smallest absolute Gasteiger partial charge is 0.143 e. The van der Waals surface area contributed by atoms with Crippen LogP contribution < -0.4 is 0 Å². The van der Waals surface area contributed by atoms with Gasteiger partial charge in [0.1, 0.15) is 10.6 Å². The minimum absolute atomic E-state index is 0.271. The normalized spacial score (nSPS) is 17.7. The second-order valence-corrected chi connectivity index (χ2v) is 8.24. The summed E-state index contributed by atoms with van der Waals surface area (Å²) < 4.78 is 8.55. The van der Waals surface area contributed by atoms with Gasteiger partial charge in [-0.25, -0.2) is 0 Å². The molecule has 0 spiro atoms. The fourth-order valence-electron chi connectivity index (χ4n) is 2.10. The molecule has 3 nitrogen and oxygen atoms in total. The van der Waals surface area contributed by atoms with Gasteiger partial charge in [-0.1, -0.05) is 60.7 Å². The van der Waals surface area contributed by atoms with Gasteiger partial charge in [0, 0.05) is 0 Å². The Morgan fingerprint density at radius 2 is 1.64 bits per heavy atom. The lowest BCUT2D eigenvalue weighted by molar-refractivity contribution is 0.168. The third-order valence-corrected chi connectivity index (χ3v) is 6.87. The molecule has 0 fully saturated rings. The molecule has 1 aliphatic heterocycles. The van der Waals surface area contributed by atoms with E-state index in [1.165, 1.54) is 5.56 Å². The number of hydrogen-bond acceptors (Lipinski definition) is 3. The van der Waals surface area contributed by atoms with Crippen LogP contribution in [-0.2, 0) is 11.3 Å². The van der Waals surface area contributed by atoms with E-state index in [1.807, 2.05) is 36.4 Å². The lowest BCUT2D eigenvalue weighted by atomic mass is 10.2. The van der Waals surface area contributed by atoms with Crippen LogP contribution in [0.5, 0.6) is 0 Å². The van der Waals surface area contributed by atoms with Gasteiger partial charge in [-0.2, -0.15) is 3.44 Å². The highest BCUT2D eigenvalue weighted by molar-refractivity contribution is 9.19. The monoisotopic (exact) mass is 440 g/mol. The Bertz CT molecular complexity index is 705. The first-order chi connectivity index (χ1) is 10.8. The molecular weight excluding hydrogens is 428 g/mol. The predicted molar refractivity (Wildman–Crippen MR) is 101 cm³/mol. The van der Waals surface area contributed by atoms with E-state index in [2.05, 4.69) is 61.4 Å². The molecule has 0 saturated heterocycles. The number of hydrogen-bond donors (Lipinski definition) is 0. The molecule has 1 atom stereocenters. The Balaban J connectivity index is 1.76. The third kappa shape index (κ3) is 3.68. The minimum atomic E-state index is -0.271. The number of nitrogens with zero attached hydrogens (tertiary/aromatic N) is 2. The van der Waals surface area contributed by atoms with Gasteiger partial charge < -0.3 is 4.74 Å². The van der Waals surface area contributed by atoms with Crippen molar-refractivity contribution in [3.8, 4) is 0 Å². The quantitative estimate of drug-likeness (QED) is 0.487. The second kappa shape index (κ2) is 7.55. The van der Waals surface area contributed by atoms with Gasteiger partial charge >= 0.3 is 0 Å². The first-order valence-electron chi connectivity index (χ1n) is 6.71. The first-order valence-corrected chi connectivity index (χ1v) is 9.56. The molecule has 0 bridgehead atoms. The summed E-state index contributed by atoms with van der Waals surface area (Å²) in [6.45, 7) is 0.602. The van der Waals surface area contributed by atoms with Crippen molar-refractivity contribution in [2.24, 2.45) is 5.10 Å². The molecule has 6 heteroatoms. The van der Waals surface area contributed by atoms with Gasteiger partial charge in [0.05, 0.1) is 27.6 Å². The fraction of sp³-hybridized carbons (Fsp3) is 0.125. The summed E-state index contributed by atoms with van der Waals surface area (Å²) in [6, 6.07) is 20.5. The molecule has 2 aromatic rings. The topological polar surface area (TPSA) is 24.8 Å². The van der Waals surface area contributed by atoms with Crippen LogP contribution >= 0.6 is 42.7 Å². The van der Waals surface area contributed by atoms with Gasteiger partial charge in [-0.05, 0) is 37.7 Å². The maximum absolute atomic E-state index is 5.90. The highest BCUT2D eigenvalue weighted by Crippen LogP contribution is 2.36. The summed E-state index contributed by atoms with van der Waals surface area (Å²) >= 11 is 7.05. The lowest BCUT2D eigenvalue weighted by Gasteiger charge is -2.14. The number of benzene rings is 2. The van der Waals surface area contributed by atoms with Crippen molar-refractivity contribution in [3.05, 3.63) is 71.8 Å². The molecule has 0 amide bonds. The maximum Gasteiger partial charge on any atom is 0.143 e. The van der Waals surface area contributed by atoms with E-state index in [0.717, 1.165) is 15.0 Å². The van der Waals surface area contributed by atoms with Crippen LogP contribution in [0.15, 0.2) is 65.8 Å². The van der Waals surface area contributed by atoms with Crippen molar-refractivity contribution >= 4 is 52.2 Å². The van der Waals surface area contributed by atoms with E-state index in [-0.39, 0.29) is 10.7 Å². The summed E-state index contributed by atoms with van der Waals surface area (Å²) in [5, 5.41) is 4.43. The number of ether oxygens (including phenoxy) is 1. The highest BCUT2D eigenvalue weighted by atomic mass is 79.9. The molecule has 0 saturated carbocycles. The van der Waals surface area contributed by atoms with Gasteiger partial charge in [-0.15, -0.1) is 5.10 Å². The molecule has 1 aliphatic rings. The van der Waals surface area contributed by atoms with Crippen molar-refractivity contribution in [2.75, 3.05) is 5.94 Å². The van der Waals surface area contributed by atoms with Crippen LogP contribution in [0.25, 0.3) is 0 Å². The predicted octanol–water partition coefficient (Wildman–Crippen LogP) is 4.90.